The molecule has 0 radical (unpaired) electrons. The first kappa shape index (κ1) is 20.3. The lowest BCUT2D eigenvalue weighted by Gasteiger charge is -2.06. The molecule has 0 aliphatic rings. The fourth-order valence-electron chi connectivity index (χ4n) is 2.27. The summed E-state index contributed by atoms with van der Waals surface area (Å²) in [5.41, 5.74) is 0. The van der Waals surface area contributed by atoms with Crippen LogP contribution in [0.5, 0.6) is 11.5 Å². The predicted molar refractivity (Wildman–Crippen MR) is 99.9 cm³/mol. The Morgan fingerprint density at radius 1 is 0.556 bits per heavy atom. The molecule has 0 spiro atoms. The van der Waals surface area contributed by atoms with E-state index in [1.807, 2.05) is 12.1 Å². The summed E-state index contributed by atoms with van der Waals surface area (Å²) in [5, 5.41) is 0. The zero-order chi connectivity index (χ0) is 19.2. The van der Waals surface area contributed by atoms with Gasteiger partial charge >= 0.3 is 12.3 Å². The third-order valence-corrected chi connectivity index (χ3v) is 3.62. The van der Waals surface area contributed by atoms with Crippen LogP contribution in [0.15, 0.2) is 60.7 Å². The number of carbonyl (C=O) groups is 2. The van der Waals surface area contributed by atoms with Crippen molar-refractivity contribution >= 4 is 12.3 Å². The molecule has 2 rings (SSSR count). The lowest BCUT2D eigenvalue weighted by molar-refractivity contribution is 0.0964. The topological polar surface area (TPSA) is 71.1 Å². The Hall–Kier alpha value is -3.02. The monoisotopic (exact) mass is 372 g/mol. The molecule has 0 atom stereocenters. The van der Waals surface area contributed by atoms with Gasteiger partial charge in [0, 0.05) is 0 Å². The molecule has 2 aromatic carbocycles. The van der Waals surface area contributed by atoms with Crippen LogP contribution in [0.25, 0.3) is 0 Å². The largest absolute Gasteiger partial charge is 0.513 e. The smallest absolute Gasteiger partial charge is 0.434 e. The van der Waals surface area contributed by atoms with Crippen molar-refractivity contribution in [1.82, 2.24) is 0 Å². The van der Waals surface area contributed by atoms with E-state index in [0.717, 1.165) is 32.1 Å². The van der Waals surface area contributed by atoms with Gasteiger partial charge in [-0.05, 0) is 37.1 Å². The second-order valence-electron chi connectivity index (χ2n) is 5.79. The van der Waals surface area contributed by atoms with Gasteiger partial charge in [-0.2, -0.15) is 0 Å². The molecule has 0 aliphatic heterocycles. The summed E-state index contributed by atoms with van der Waals surface area (Å²) in [6, 6.07) is 17.6. The molecule has 0 aliphatic carbocycles. The number of carbonyl (C=O) groups excluding carboxylic acids is 2. The Bertz CT molecular complexity index is 612. The zero-order valence-electron chi connectivity index (χ0n) is 15.2. The van der Waals surface area contributed by atoms with Crippen LogP contribution in [0.4, 0.5) is 9.59 Å². The molecule has 0 bridgehead atoms. The lowest BCUT2D eigenvalue weighted by Crippen LogP contribution is -2.11. The maximum Gasteiger partial charge on any atom is 0.513 e. The Balaban J connectivity index is 1.40. The summed E-state index contributed by atoms with van der Waals surface area (Å²) in [5.74, 6) is 0.932. The van der Waals surface area contributed by atoms with Gasteiger partial charge in [-0.3, -0.25) is 0 Å². The van der Waals surface area contributed by atoms with E-state index in [1.165, 1.54) is 0 Å². The van der Waals surface area contributed by atoms with E-state index in [4.69, 9.17) is 18.9 Å². The van der Waals surface area contributed by atoms with Gasteiger partial charge in [0.25, 0.3) is 0 Å². The zero-order valence-corrected chi connectivity index (χ0v) is 15.2. The first-order valence-corrected chi connectivity index (χ1v) is 9.03. The van der Waals surface area contributed by atoms with Crippen LogP contribution in [0.1, 0.15) is 32.1 Å². The summed E-state index contributed by atoms with van der Waals surface area (Å²) in [4.78, 5) is 23.0. The first-order chi connectivity index (χ1) is 13.2. The van der Waals surface area contributed by atoms with E-state index in [0.29, 0.717) is 24.7 Å². The second-order valence-corrected chi connectivity index (χ2v) is 5.79. The molecule has 0 amide bonds. The summed E-state index contributed by atoms with van der Waals surface area (Å²) < 4.78 is 20.1. The molecule has 0 fully saturated rings. The molecule has 0 unspecified atom stereocenters. The predicted octanol–water partition coefficient (Wildman–Crippen LogP) is 5.37. The van der Waals surface area contributed by atoms with Gasteiger partial charge in [-0.15, -0.1) is 0 Å². The Kier molecular flexibility index (Phi) is 9.28. The van der Waals surface area contributed by atoms with Crippen molar-refractivity contribution in [2.24, 2.45) is 0 Å². The normalized spacial score (nSPS) is 10.1. The highest BCUT2D eigenvalue weighted by atomic mass is 16.7. The van der Waals surface area contributed by atoms with Crippen LogP contribution < -0.4 is 9.47 Å². The van der Waals surface area contributed by atoms with Crippen molar-refractivity contribution in [1.29, 1.82) is 0 Å². The van der Waals surface area contributed by atoms with Crippen molar-refractivity contribution in [2.75, 3.05) is 13.2 Å². The van der Waals surface area contributed by atoms with Crippen LogP contribution in [0.3, 0.4) is 0 Å². The minimum atomic E-state index is -0.688. The van der Waals surface area contributed by atoms with E-state index in [-0.39, 0.29) is 0 Å². The fraction of sp³-hybridized carbons (Fsp3) is 0.333. The van der Waals surface area contributed by atoms with E-state index in [9.17, 15) is 9.59 Å². The SMILES string of the molecule is O=C(OCCCCCCCOC(=O)Oc1ccccc1)Oc1ccccc1. The summed E-state index contributed by atoms with van der Waals surface area (Å²) in [7, 11) is 0. The molecular weight excluding hydrogens is 348 g/mol. The molecule has 0 saturated heterocycles. The number of ether oxygens (including phenoxy) is 4. The number of para-hydroxylation sites is 2. The summed E-state index contributed by atoms with van der Waals surface area (Å²) in [6.07, 6.45) is 2.97. The molecule has 0 aromatic heterocycles. The molecule has 6 heteroatoms. The summed E-state index contributed by atoms with van der Waals surface area (Å²) in [6.45, 7) is 0.650. The third-order valence-electron chi connectivity index (χ3n) is 3.62. The minimum Gasteiger partial charge on any atom is -0.434 e. The molecule has 144 valence electrons. The van der Waals surface area contributed by atoms with Crippen molar-refractivity contribution < 1.29 is 28.5 Å². The molecule has 0 N–H and O–H groups in total. The third kappa shape index (κ3) is 9.30. The van der Waals surface area contributed by atoms with Crippen LogP contribution in [-0.2, 0) is 9.47 Å². The number of hydrogen-bond donors (Lipinski definition) is 0. The van der Waals surface area contributed by atoms with Crippen molar-refractivity contribution in [3.63, 3.8) is 0 Å². The standard InChI is InChI=1S/C21H24O6/c22-20(26-18-12-6-4-7-13-18)24-16-10-2-1-3-11-17-25-21(23)27-19-14-8-5-9-15-19/h4-9,12-15H,1-3,10-11,16-17H2. The Labute approximate surface area is 159 Å². The maximum atomic E-state index is 11.5. The van der Waals surface area contributed by atoms with Gasteiger partial charge in [0.2, 0.25) is 0 Å². The van der Waals surface area contributed by atoms with Gasteiger partial charge in [-0.1, -0.05) is 55.7 Å². The van der Waals surface area contributed by atoms with Gasteiger partial charge in [0.15, 0.2) is 0 Å². The fourth-order valence-corrected chi connectivity index (χ4v) is 2.27. The minimum absolute atomic E-state index is 0.325. The van der Waals surface area contributed by atoms with Crippen LogP contribution in [0.2, 0.25) is 0 Å². The molecule has 6 nitrogen and oxygen atoms in total. The summed E-state index contributed by atoms with van der Waals surface area (Å²) >= 11 is 0. The lowest BCUT2D eigenvalue weighted by atomic mass is 10.1. The maximum absolute atomic E-state index is 11.5. The molecule has 2 aromatic rings. The highest BCUT2D eigenvalue weighted by Crippen LogP contribution is 2.11. The Morgan fingerprint density at radius 3 is 1.33 bits per heavy atom. The number of unbranched alkanes of at least 4 members (excludes halogenated alkanes) is 4. The first-order valence-electron chi connectivity index (χ1n) is 9.03. The molecular formula is C21H24O6. The van der Waals surface area contributed by atoms with Gasteiger partial charge in [0.1, 0.15) is 11.5 Å². The quantitative estimate of drug-likeness (QED) is 0.317. The van der Waals surface area contributed by atoms with Gasteiger partial charge < -0.3 is 18.9 Å². The number of rotatable bonds is 10. The Morgan fingerprint density at radius 2 is 0.926 bits per heavy atom. The van der Waals surface area contributed by atoms with Crippen molar-refractivity contribution in [3.8, 4) is 11.5 Å². The van der Waals surface area contributed by atoms with Crippen LogP contribution in [0, 0.1) is 0 Å². The number of hydrogen-bond acceptors (Lipinski definition) is 6. The average molecular weight is 372 g/mol. The van der Waals surface area contributed by atoms with Crippen molar-refractivity contribution in [3.05, 3.63) is 60.7 Å². The van der Waals surface area contributed by atoms with E-state index in [2.05, 4.69) is 0 Å². The second kappa shape index (κ2) is 12.4. The van der Waals surface area contributed by atoms with E-state index < -0.39 is 12.3 Å². The van der Waals surface area contributed by atoms with Crippen LogP contribution in [-0.4, -0.2) is 25.5 Å². The van der Waals surface area contributed by atoms with E-state index in [1.54, 1.807) is 48.5 Å². The highest BCUT2D eigenvalue weighted by Gasteiger charge is 2.06. The van der Waals surface area contributed by atoms with Crippen LogP contribution >= 0.6 is 0 Å². The number of benzene rings is 2. The van der Waals surface area contributed by atoms with Crippen molar-refractivity contribution in [2.45, 2.75) is 32.1 Å². The molecule has 27 heavy (non-hydrogen) atoms. The van der Waals surface area contributed by atoms with Gasteiger partial charge in [-0.25, -0.2) is 9.59 Å². The van der Waals surface area contributed by atoms with Gasteiger partial charge in [0.05, 0.1) is 13.2 Å². The molecule has 0 saturated carbocycles. The van der Waals surface area contributed by atoms with E-state index >= 15 is 0 Å². The average Bonchev–Trinajstić information content (AvgIpc) is 2.68. The highest BCUT2D eigenvalue weighted by molar-refractivity contribution is 5.64. The molecule has 0 heterocycles.